The summed E-state index contributed by atoms with van der Waals surface area (Å²) in [5.74, 6) is 0. The highest BCUT2D eigenvalue weighted by Gasteiger charge is 2.31. The summed E-state index contributed by atoms with van der Waals surface area (Å²) in [7, 11) is -15.3. The van der Waals surface area contributed by atoms with Gasteiger partial charge >= 0.3 is 0 Å². The van der Waals surface area contributed by atoms with Crippen LogP contribution in [0, 0.1) is 0 Å². The molecule has 0 fully saturated rings. The molecule has 4 rings (SSSR count). The zero-order chi connectivity index (χ0) is 48.7. The third-order valence-corrected chi connectivity index (χ3v) is 18.9. The van der Waals surface area contributed by atoms with E-state index in [9.17, 15) is 33.7 Å². The lowest BCUT2D eigenvalue weighted by Gasteiger charge is -2.19. The summed E-state index contributed by atoms with van der Waals surface area (Å²) in [4.78, 5) is 0.717. The molecule has 0 heterocycles. The van der Waals surface area contributed by atoms with Gasteiger partial charge in [-0.1, -0.05) is 155 Å². The Morgan fingerprint density at radius 2 is 0.545 bits per heavy atom. The summed E-state index contributed by atoms with van der Waals surface area (Å²) in [6, 6.07) is 32.9. The SMILES string of the molecule is CC(C)=CC(C/C(C)=C/C(C/C(C)=C/C=C/C=C(\C)CC(/C=C(\C)CC(C=C(C)C)S(=O)(=O)c1ccccc1)S(=O)(=O)c1ccccc1)S(=O)(=O)c1ccccc1)S(=O)(=O)c1ccccc1. The van der Waals surface area contributed by atoms with Crippen LogP contribution in [0.25, 0.3) is 0 Å². The summed E-state index contributed by atoms with van der Waals surface area (Å²) in [6.45, 7) is 14.5. The van der Waals surface area contributed by atoms with Gasteiger partial charge in [0, 0.05) is 0 Å². The monoisotopic (exact) mass is 968 g/mol. The molecule has 4 atom stereocenters. The van der Waals surface area contributed by atoms with Crippen molar-refractivity contribution in [3.63, 3.8) is 0 Å². The Bertz CT molecular complexity index is 2720. The number of sulfone groups is 4. The molecule has 0 amide bonds. The van der Waals surface area contributed by atoms with Crippen LogP contribution in [0.1, 0.15) is 81.1 Å². The van der Waals surface area contributed by atoms with Gasteiger partial charge < -0.3 is 0 Å². The third kappa shape index (κ3) is 15.2. The maximum atomic E-state index is 14.2. The molecule has 0 aliphatic heterocycles. The molecule has 0 aromatic heterocycles. The second kappa shape index (κ2) is 24.1. The molecular weight excluding hydrogens is 905 g/mol. The predicted octanol–water partition coefficient (Wildman–Crippen LogP) is 12.2. The zero-order valence-electron chi connectivity index (χ0n) is 39.2. The van der Waals surface area contributed by atoms with Crippen molar-refractivity contribution in [1.29, 1.82) is 0 Å². The lowest BCUT2D eigenvalue weighted by molar-refractivity contribution is 0.583. The van der Waals surface area contributed by atoms with E-state index in [-0.39, 0.29) is 45.3 Å². The van der Waals surface area contributed by atoms with Crippen LogP contribution in [0.15, 0.2) is 223 Å². The molecule has 0 aliphatic carbocycles. The molecule has 352 valence electrons. The minimum absolute atomic E-state index is 0.106. The molecule has 4 unspecified atom stereocenters. The van der Waals surface area contributed by atoms with E-state index in [1.807, 2.05) is 53.7 Å². The second-order valence-corrected chi connectivity index (χ2v) is 26.0. The van der Waals surface area contributed by atoms with Crippen molar-refractivity contribution >= 4 is 39.3 Å². The summed E-state index contributed by atoms with van der Waals surface area (Å²) in [6.07, 6.45) is 14.4. The molecule has 0 spiro atoms. The van der Waals surface area contributed by atoms with Gasteiger partial charge in [-0.25, -0.2) is 33.7 Å². The first-order valence-corrected chi connectivity index (χ1v) is 28.0. The molecular formula is C54H64O8S4. The van der Waals surface area contributed by atoms with Gasteiger partial charge in [0.15, 0.2) is 39.3 Å². The number of benzene rings is 4. The van der Waals surface area contributed by atoms with Crippen molar-refractivity contribution in [3.05, 3.63) is 203 Å². The molecule has 66 heavy (non-hydrogen) atoms. The second-order valence-electron chi connectivity index (χ2n) is 17.3. The van der Waals surface area contributed by atoms with Crippen molar-refractivity contribution in [1.82, 2.24) is 0 Å². The Labute approximate surface area is 395 Å². The highest BCUT2D eigenvalue weighted by Crippen LogP contribution is 2.30. The molecule has 8 nitrogen and oxygen atoms in total. The van der Waals surface area contributed by atoms with E-state index < -0.39 is 60.3 Å². The first-order valence-electron chi connectivity index (χ1n) is 21.8. The van der Waals surface area contributed by atoms with E-state index in [1.54, 1.807) is 172 Å². The van der Waals surface area contributed by atoms with E-state index in [2.05, 4.69) is 0 Å². The number of allylic oxidation sites excluding steroid dienone is 10. The summed E-state index contributed by atoms with van der Waals surface area (Å²) < 4.78 is 112. The molecule has 0 saturated carbocycles. The lowest BCUT2D eigenvalue weighted by atomic mass is 10.0. The quantitative estimate of drug-likeness (QED) is 0.0561. The topological polar surface area (TPSA) is 137 Å². The average molecular weight is 969 g/mol. The van der Waals surface area contributed by atoms with Gasteiger partial charge in [0.05, 0.1) is 40.6 Å². The van der Waals surface area contributed by atoms with E-state index >= 15 is 0 Å². The van der Waals surface area contributed by atoms with Crippen LogP contribution < -0.4 is 0 Å². The number of rotatable bonds is 22. The largest absolute Gasteiger partial charge is 0.223 e. The van der Waals surface area contributed by atoms with E-state index in [0.29, 0.717) is 11.1 Å². The maximum absolute atomic E-state index is 14.2. The average Bonchev–Trinajstić information content (AvgIpc) is 3.27. The van der Waals surface area contributed by atoms with Crippen molar-refractivity contribution < 1.29 is 33.7 Å². The van der Waals surface area contributed by atoms with Gasteiger partial charge in [0.1, 0.15) is 0 Å². The fourth-order valence-electron chi connectivity index (χ4n) is 7.53. The van der Waals surface area contributed by atoms with Gasteiger partial charge in [-0.2, -0.15) is 0 Å². The van der Waals surface area contributed by atoms with E-state index in [4.69, 9.17) is 0 Å². The fourth-order valence-corrected chi connectivity index (χ4v) is 14.7. The molecule has 0 bridgehead atoms. The standard InChI is InChI=1S/C54H64O8S4/c1-41(2)33-51(63(55,56)47-25-13-9-14-26-47)37-45(7)39-53(65(59,60)49-29-17-11-18-30-49)35-43(5)23-21-22-24-44(6)36-54(66(61,62)50-31-19-12-20-32-50)40-46(8)38-52(34-42(3)4)64(57,58)48-27-15-10-16-28-48/h9-34,39-40,51-54H,35-38H2,1-8H3/b22-21+,43-23+,44-24+,45-39+,46-40+. The van der Waals surface area contributed by atoms with Gasteiger partial charge in [-0.15, -0.1) is 0 Å². The van der Waals surface area contributed by atoms with Crippen LogP contribution >= 0.6 is 0 Å². The molecule has 4 aromatic carbocycles. The zero-order valence-corrected chi connectivity index (χ0v) is 42.5. The molecule has 4 aromatic rings. The van der Waals surface area contributed by atoms with Gasteiger partial charge in [-0.3, -0.25) is 0 Å². The first kappa shape index (κ1) is 53.5. The Morgan fingerprint density at radius 1 is 0.333 bits per heavy atom. The lowest BCUT2D eigenvalue weighted by Crippen LogP contribution is -2.23. The smallest absolute Gasteiger partial charge is 0.185 e. The molecule has 0 N–H and O–H groups in total. The minimum Gasteiger partial charge on any atom is -0.223 e. The number of hydrogen-bond acceptors (Lipinski definition) is 8. The Hall–Kier alpha value is -5.14. The summed E-state index contributed by atoms with van der Waals surface area (Å²) in [5.41, 5.74) is 4.41. The van der Waals surface area contributed by atoms with Crippen molar-refractivity contribution in [2.75, 3.05) is 0 Å². The maximum Gasteiger partial charge on any atom is 0.185 e. The highest BCUT2D eigenvalue weighted by molar-refractivity contribution is 7.93. The predicted molar refractivity (Wildman–Crippen MR) is 271 cm³/mol. The van der Waals surface area contributed by atoms with Crippen LogP contribution in [-0.2, 0) is 39.3 Å². The molecule has 12 heteroatoms. The van der Waals surface area contributed by atoms with Crippen LogP contribution in [-0.4, -0.2) is 54.7 Å². The van der Waals surface area contributed by atoms with Crippen molar-refractivity contribution in [3.8, 4) is 0 Å². The van der Waals surface area contributed by atoms with Crippen molar-refractivity contribution in [2.24, 2.45) is 0 Å². The third-order valence-electron chi connectivity index (χ3n) is 10.8. The summed E-state index contributed by atoms with van der Waals surface area (Å²) >= 11 is 0. The Balaban J connectivity index is 1.63. The highest BCUT2D eigenvalue weighted by atomic mass is 32.2. The van der Waals surface area contributed by atoms with E-state index in [0.717, 1.165) is 22.3 Å². The Kier molecular flexibility index (Phi) is 19.5. The van der Waals surface area contributed by atoms with Gasteiger partial charge in [0.2, 0.25) is 0 Å². The van der Waals surface area contributed by atoms with Crippen LogP contribution in [0.2, 0.25) is 0 Å². The normalized spacial score (nSPS) is 15.5. The number of hydrogen-bond donors (Lipinski definition) is 0. The molecule has 0 aliphatic rings. The Morgan fingerprint density at radius 3 is 0.773 bits per heavy atom. The van der Waals surface area contributed by atoms with Crippen LogP contribution in [0.3, 0.4) is 0 Å². The van der Waals surface area contributed by atoms with E-state index in [1.165, 1.54) is 0 Å². The molecule has 0 radical (unpaired) electrons. The fraction of sp³-hybridized carbons (Fsp3) is 0.296. The van der Waals surface area contributed by atoms with Crippen LogP contribution in [0.4, 0.5) is 0 Å². The first-order chi connectivity index (χ1) is 31.0. The van der Waals surface area contributed by atoms with Crippen molar-refractivity contribution in [2.45, 2.75) is 122 Å². The minimum atomic E-state index is -3.90. The van der Waals surface area contributed by atoms with Crippen LogP contribution in [0.5, 0.6) is 0 Å². The van der Waals surface area contributed by atoms with Gasteiger partial charge in [0.25, 0.3) is 0 Å². The molecule has 0 saturated heterocycles. The summed E-state index contributed by atoms with van der Waals surface area (Å²) in [5, 5.41) is -3.78. The van der Waals surface area contributed by atoms with Gasteiger partial charge in [-0.05, 0) is 130 Å².